The maximum absolute atomic E-state index is 11.8. The molecule has 4 heteroatoms. The van der Waals surface area contributed by atoms with Crippen LogP contribution < -0.4 is 10.6 Å². The molecule has 0 atom stereocenters. The first-order valence-corrected chi connectivity index (χ1v) is 6.94. The van der Waals surface area contributed by atoms with Crippen molar-refractivity contribution in [2.45, 2.75) is 20.3 Å². The Morgan fingerprint density at radius 2 is 1.95 bits per heavy atom. The average molecular weight is 284 g/mol. The van der Waals surface area contributed by atoms with Crippen molar-refractivity contribution < 1.29 is 9.90 Å². The van der Waals surface area contributed by atoms with Crippen LogP contribution in [0.5, 0.6) is 5.75 Å². The number of hydrogen-bond donors (Lipinski definition) is 3. The third-order valence-electron chi connectivity index (χ3n) is 3.24. The van der Waals surface area contributed by atoms with Crippen molar-refractivity contribution in [2.75, 3.05) is 11.9 Å². The van der Waals surface area contributed by atoms with E-state index in [-0.39, 0.29) is 11.8 Å². The van der Waals surface area contributed by atoms with Crippen LogP contribution in [0.4, 0.5) is 10.5 Å². The van der Waals surface area contributed by atoms with Gasteiger partial charge in [-0.1, -0.05) is 29.8 Å². The Morgan fingerprint density at radius 1 is 1.14 bits per heavy atom. The summed E-state index contributed by atoms with van der Waals surface area (Å²) in [5.41, 5.74) is 3.94. The predicted molar refractivity (Wildman–Crippen MR) is 84.7 cm³/mol. The standard InChI is InChI=1S/C17H20N2O2/c1-12-4-3-5-14(10-12)8-9-18-17(21)19-16-7-6-15(20)11-13(16)2/h3-7,10-11,20H,8-9H2,1-2H3,(H2,18,19,21). The average Bonchev–Trinajstić information content (AvgIpc) is 2.42. The van der Waals surface area contributed by atoms with Crippen LogP contribution in [-0.4, -0.2) is 17.7 Å². The van der Waals surface area contributed by atoms with Crippen molar-refractivity contribution in [3.05, 3.63) is 59.2 Å². The number of hydrogen-bond acceptors (Lipinski definition) is 2. The van der Waals surface area contributed by atoms with Gasteiger partial charge in [-0.25, -0.2) is 4.79 Å². The molecule has 0 bridgehead atoms. The number of carbonyl (C=O) groups is 1. The molecular weight excluding hydrogens is 264 g/mol. The van der Waals surface area contributed by atoms with Gasteiger partial charge in [0.25, 0.3) is 0 Å². The zero-order valence-electron chi connectivity index (χ0n) is 12.3. The van der Waals surface area contributed by atoms with Crippen LogP contribution in [0.2, 0.25) is 0 Å². The largest absolute Gasteiger partial charge is 0.508 e. The molecule has 0 aliphatic carbocycles. The number of phenols is 1. The summed E-state index contributed by atoms with van der Waals surface area (Å²) in [5.74, 6) is 0.193. The highest BCUT2D eigenvalue weighted by Crippen LogP contribution is 2.19. The second kappa shape index (κ2) is 6.79. The molecule has 2 aromatic carbocycles. The minimum absolute atomic E-state index is 0.193. The van der Waals surface area contributed by atoms with Crippen molar-refractivity contribution in [2.24, 2.45) is 0 Å². The van der Waals surface area contributed by atoms with Crippen molar-refractivity contribution in [1.82, 2.24) is 5.32 Å². The lowest BCUT2D eigenvalue weighted by molar-refractivity contribution is 0.252. The molecule has 0 saturated heterocycles. The summed E-state index contributed by atoms with van der Waals surface area (Å²) >= 11 is 0. The number of aromatic hydroxyl groups is 1. The molecule has 2 amide bonds. The topological polar surface area (TPSA) is 61.4 Å². The van der Waals surface area contributed by atoms with Gasteiger partial charge >= 0.3 is 6.03 Å². The monoisotopic (exact) mass is 284 g/mol. The van der Waals surface area contributed by atoms with Gasteiger partial charge in [0.15, 0.2) is 0 Å². The lowest BCUT2D eigenvalue weighted by Gasteiger charge is -2.10. The van der Waals surface area contributed by atoms with E-state index in [2.05, 4.69) is 35.8 Å². The van der Waals surface area contributed by atoms with Crippen LogP contribution in [0.3, 0.4) is 0 Å². The van der Waals surface area contributed by atoms with Gasteiger partial charge in [0.05, 0.1) is 0 Å². The van der Waals surface area contributed by atoms with Gasteiger partial charge in [-0.3, -0.25) is 0 Å². The minimum atomic E-state index is -0.239. The number of amides is 2. The van der Waals surface area contributed by atoms with E-state index in [9.17, 15) is 9.90 Å². The summed E-state index contributed by atoms with van der Waals surface area (Å²) in [4.78, 5) is 11.8. The van der Waals surface area contributed by atoms with Gasteiger partial charge in [0.1, 0.15) is 5.75 Å². The highest BCUT2D eigenvalue weighted by Gasteiger charge is 2.04. The van der Waals surface area contributed by atoms with E-state index in [1.807, 2.05) is 13.0 Å². The highest BCUT2D eigenvalue weighted by molar-refractivity contribution is 5.90. The van der Waals surface area contributed by atoms with Crippen molar-refractivity contribution >= 4 is 11.7 Å². The fourth-order valence-electron chi connectivity index (χ4n) is 2.14. The number of aryl methyl sites for hydroxylation is 2. The Labute approximate surface area is 124 Å². The summed E-state index contributed by atoms with van der Waals surface area (Å²) in [6.07, 6.45) is 0.795. The fraction of sp³-hybridized carbons (Fsp3) is 0.235. The number of urea groups is 1. The maximum Gasteiger partial charge on any atom is 0.319 e. The molecule has 0 aliphatic heterocycles. The molecule has 3 N–H and O–H groups in total. The number of rotatable bonds is 4. The summed E-state index contributed by atoms with van der Waals surface area (Å²) in [6.45, 7) is 4.46. The van der Waals surface area contributed by atoms with Crippen LogP contribution in [0.1, 0.15) is 16.7 Å². The maximum atomic E-state index is 11.8. The Morgan fingerprint density at radius 3 is 2.67 bits per heavy atom. The first-order chi connectivity index (χ1) is 10.0. The zero-order chi connectivity index (χ0) is 15.2. The molecule has 0 heterocycles. The molecule has 0 saturated carbocycles. The molecule has 0 radical (unpaired) electrons. The molecular formula is C17H20N2O2. The molecule has 110 valence electrons. The Kier molecular flexibility index (Phi) is 4.82. The van der Waals surface area contributed by atoms with Crippen molar-refractivity contribution in [3.63, 3.8) is 0 Å². The number of nitrogens with one attached hydrogen (secondary N) is 2. The summed E-state index contributed by atoms with van der Waals surface area (Å²) in [5, 5.41) is 14.9. The van der Waals surface area contributed by atoms with E-state index in [1.165, 1.54) is 11.1 Å². The van der Waals surface area contributed by atoms with Gasteiger partial charge in [-0.05, 0) is 49.6 Å². The van der Waals surface area contributed by atoms with Crippen LogP contribution in [0, 0.1) is 13.8 Å². The fourth-order valence-corrected chi connectivity index (χ4v) is 2.14. The molecule has 0 unspecified atom stereocenters. The van der Waals surface area contributed by atoms with Gasteiger partial charge < -0.3 is 15.7 Å². The molecule has 2 aromatic rings. The highest BCUT2D eigenvalue weighted by atomic mass is 16.3. The van der Waals surface area contributed by atoms with Crippen LogP contribution in [0.15, 0.2) is 42.5 Å². The van der Waals surface area contributed by atoms with Crippen LogP contribution >= 0.6 is 0 Å². The van der Waals surface area contributed by atoms with Crippen molar-refractivity contribution in [3.8, 4) is 5.75 Å². The lowest BCUT2D eigenvalue weighted by Crippen LogP contribution is -2.30. The molecule has 4 nitrogen and oxygen atoms in total. The molecule has 0 spiro atoms. The number of anilines is 1. The van der Waals surface area contributed by atoms with Gasteiger partial charge in [0.2, 0.25) is 0 Å². The van der Waals surface area contributed by atoms with E-state index in [0.29, 0.717) is 12.2 Å². The van der Waals surface area contributed by atoms with Crippen molar-refractivity contribution in [1.29, 1.82) is 0 Å². The van der Waals surface area contributed by atoms with Gasteiger partial charge in [-0.2, -0.15) is 0 Å². The normalized spacial score (nSPS) is 10.2. The van der Waals surface area contributed by atoms with E-state index in [0.717, 1.165) is 12.0 Å². The summed E-state index contributed by atoms with van der Waals surface area (Å²) in [6, 6.07) is 12.8. The third-order valence-corrected chi connectivity index (χ3v) is 3.24. The van der Waals surface area contributed by atoms with E-state index >= 15 is 0 Å². The molecule has 0 aromatic heterocycles. The number of carbonyl (C=O) groups excluding carboxylic acids is 1. The van der Waals surface area contributed by atoms with Crippen LogP contribution in [-0.2, 0) is 6.42 Å². The molecule has 0 aliphatic rings. The predicted octanol–water partition coefficient (Wildman–Crippen LogP) is 3.37. The Bertz CT molecular complexity index is 638. The summed E-state index contributed by atoms with van der Waals surface area (Å²) in [7, 11) is 0. The molecule has 0 fully saturated rings. The first-order valence-electron chi connectivity index (χ1n) is 6.94. The Balaban J connectivity index is 1.82. The quantitative estimate of drug-likeness (QED) is 0.754. The van der Waals surface area contributed by atoms with E-state index in [1.54, 1.807) is 18.2 Å². The Hall–Kier alpha value is -2.49. The third kappa shape index (κ3) is 4.53. The smallest absolute Gasteiger partial charge is 0.319 e. The second-order valence-corrected chi connectivity index (χ2v) is 5.12. The van der Waals surface area contributed by atoms with Gasteiger partial charge in [-0.15, -0.1) is 0 Å². The second-order valence-electron chi connectivity index (χ2n) is 5.12. The lowest BCUT2D eigenvalue weighted by atomic mass is 10.1. The SMILES string of the molecule is Cc1cccc(CCNC(=O)Nc2ccc(O)cc2C)c1. The first kappa shape index (κ1) is 14.9. The minimum Gasteiger partial charge on any atom is -0.508 e. The van der Waals surface area contributed by atoms with E-state index < -0.39 is 0 Å². The molecule has 2 rings (SSSR count). The van der Waals surface area contributed by atoms with Gasteiger partial charge in [0, 0.05) is 12.2 Å². The molecule has 21 heavy (non-hydrogen) atoms. The van der Waals surface area contributed by atoms with E-state index in [4.69, 9.17) is 0 Å². The number of phenolic OH excluding ortho intramolecular Hbond substituents is 1. The zero-order valence-corrected chi connectivity index (χ0v) is 12.3. The van der Waals surface area contributed by atoms with Crippen LogP contribution in [0.25, 0.3) is 0 Å². The number of benzene rings is 2. The summed E-state index contributed by atoms with van der Waals surface area (Å²) < 4.78 is 0.